The van der Waals surface area contributed by atoms with E-state index in [1.165, 1.54) is 6.42 Å². The van der Waals surface area contributed by atoms with E-state index in [-0.39, 0.29) is 0 Å². The van der Waals surface area contributed by atoms with Gasteiger partial charge in [0.25, 0.3) is 0 Å². The first-order valence-corrected chi connectivity index (χ1v) is 7.34. The molecule has 1 aliphatic rings. The normalized spacial score (nSPS) is 26.7. The van der Waals surface area contributed by atoms with Gasteiger partial charge in [-0.05, 0) is 49.9 Å². The Balaban J connectivity index is 3.01. The fourth-order valence-corrected chi connectivity index (χ4v) is 3.22. The molecule has 0 heteroatoms. The molecule has 0 N–H and O–H groups in total. The van der Waals surface area contributed by atoms with Crippen LogP contribution in [0.5, 0.6) is 0 Å². The van der Waals surface area contributed by atoms with Crippen LogP contribution in [0.3, 0.4) is 0 Å². The number of hydrogen-bond acceptors (Lipinski definition) is 0. The third kappa shape index (κ3) is 2.73. The average molecular weight is 248 g/mol. The molecule has 0 aromatic carbocycles. The van der Waals surface area contributed by atoms with Crippen molar-refractivity contribution in [1.29, 1.82) is 0 Å². The van der Waals surface area contributed by atoms with Crippen molar-refractivity contribution >= 4 is 0 Å². The SMILES string of the molecule is CC1=CCC(C(C)C(C)=C(C)C(C)(C)C)C1(C)C. The van der Waals surface area contributed by atoms with Crippen LogP contribution in [-0.4, -0.2) is 0 Å². The summed E-state index contributed by atoms with van der Waals surface area (Å²) in [6, 6.07) is 0. The van der Waals surface area contributed by atoms with E-state index in [1.54, 1.807) is 16.7 Å². The van der Waals surface area contributed by atoms with Gasteiger partial charge in [-0.2, -0.15) is 0 Å². The van der Waals surface area contributed by atoms with Crippen molar-refractivity contribution in [3.63, 3.8) is 0 Å². The van der Waals surface area contributed by atoms with Crippen molar-refractivity contribution in [3.8, 4) is 0 Å². The van der Waals surface area contributed by atoms with Crippen LogP contribution in [0.4, 0.5) is 0 Å². The second kappa shape index (κ2) is 4.87. The van der Waals surface area contributed by atoms with Gasteiger partial charge in [0, 0.05) is 0 Å². The molecule has 0 aromatic rings. The van der Waals surface area contributed by atoms with Gasteiger partial charge in [-0.25, -0.2) is 0 Å². The Labute approximate surface area is 115 Å². The summed E-state index contributed by atoms with van der Waals surface area (Å²) in [5.41, 5.74) is 5.39. The molecule has 0 fully saturated rings. The number of hydrogen-bond donors (Lipinski definition) is 0. The van der Waals surface area contributed by atoms with Gasteiger partial charge in [-0.1, -0.05) is 64.3 Å². The first kappa shape index (κ1) is 15.5. The maximum atomic E-state index is 2.45. The molecule has 0 amide bonds. The Morgan fingerprint density at radius 3 is 2.11 bits per heavy atom. The summed E-state index contributed by atoms with van der Waals surface area (Å²) in [5.74, 6) is 1.43. The van der Waals surface area contributed by atoms with Gasteiger partial charge in [-0.3, -0.25) is 0 Å². The average Bonchev–Trinajstić information content (AvgIpc) is 2.49. The van der Waals surface area contributed by atoms with E-state index < -0.39 is 0 Å². The highest BCUT2D eigenvalue weighted by Crippen LogP contribution is 2.49. The van der Waals surface area contributed by atoms with Crippen LogP contribution >= 0.6 is 0 Å². The molecular weight excluding hydrogens is 216 g/mol. The van der Waals surface area contributed by atoms with Gasteiger partial charge in [0.05, 0.1) is 0 Å². The fourth-order valence-electron chi connectivity index (χ4n) is 3.22. The summed E-state index contributed by atoms with van der Waals surface area (Å²) in [4.78, 5) is 0. The van der Waals surface area contributed by atoms with Crippen LogP contribution in [0.1, 0.15) is 68.7 Å². The zero-order valence-corrected chi connectivity index (χ0v) is 13.9. The van der Waals surface area contributed by atoms with E-state index in [9.17, 15) is 0 Å². The van der Waals surface area contributed by atoms with Crippen LogP contribution in [0.15, 0.2) is 22.8 Å². The Bertz CT molecular complexity index is 371. The van der Waals surface area contributed by atoms with E-state index in [0.29, 0.717) is 16.7 Å². The van der Waals surface area contributed by atoms with Crippen LogP contribution in [-0.2, 0) is 0 Å². The van der Waals surface area contributed by atoms with Crippen LogP contribution in [0.2, 0.25) is 0 Å². The summed E-state index contributed by atoms with van der Waals surface area (Å²) in [6.45, 7) is 21.2. The Morgan fingerprint density at radius 2 is 1.78 bits per heavy atom. The molecular formula is C18H32. The first-order chi connectivity index (χ1) is 7.99. The van der Waals surface area contributed by atoms with Crippen molar-refractivity contribution in [2.75, 3.05) is 0 Å². The van der Waals surface area contributed by atoms with Gasteiger partial charge in [0.1, 0.15) is 0 Å². The predicted octanol–water partition coefficient (Wildman–Crippen LogP) is 6.00. The van der Waals surface area contributed by atoms with Crippen molar-refractivity contribution in [3.05, 3.63) is 22.8 Å². The van der Waals surface area contributed by atoms with E-state index in [0.717, 1.165) is 5.92 Å². The molecule has 2 unspecified atom stereocenters. The quantitative estimate of drug-likeness (QED) is 0.526. The largest absolute Gasteiger partial charge is 0.0847 e. The smallest absolute Gasteiger partial charge is 0.0111 e. The molecule has 18 heavy (non-hydrogen) atoms. The van der Waals surface area contributed by atoms with E-state index in [1.807, 2.05) is 0 Å². The Kier molecular flexibility index (Phi) is 4.20. The summed E-state index contributed by atoms with van der Waals surface area (Å²) < 4.78 is 0. The molecule has 0 aromatic heterocycles. The van der Waals surface area contributed by atoms with Gasteiger partial charge >= 0.3 is 0 Å². The molecule has 1 rings (SSSR count). The third-order valence-corrected chi connectivity index (χ3v) is 5.62. The molecule has 0 saturated carbocycles. The monoisotopic (exact) mass is 248 g/mol. The molecule has 0 heterocycles. The maximum Gasteiger partial charge on any atom is -0.0111 e. The summed E-state index contributed by atoms with van der Waals surface area (Å²) >= 11 is 0. The first-order valence-electron chi connectivity index (χ1n) is 7.34. The van der Waals surface area contributed by atoms with Crippen molar-refractivity contribution in [1.82, 2.24) is 0 Å². The highest BCUT2D eigenvalue weighted by molar-refractivity contribution is 5.25. The van der Waals surface area contributed by atoms with E-state index in [2.05, 4.69) is 68.4 Å². The van der Waals surface area contributed by atoms with Gasteiger partial charge in [0.2, 0.25) is 0 Å². The van der Waals surface area contributed by atoms with Crippen molar-refractivity contribution < 1.29 is 0 Å². The zero-order chi connectivity index (χ0) is 14.3. The van der Waals surface area contributed by atoms with Gasteiger partial charge < -0.3 is 0 Å². The minimum atomic E-state index is 0.295. The second-order valence-corrected chi connectivity index (χ2v) is 7.80. The molecule has 1 aliphatic carbocycles. The molecule has 0 nitrogen and oxygen atoms in total. The molecule has 0 saturated heterocycles. The third-order valence-electron chi connectivity index (χ3n) is 5.62. The summed E-state index contributed by atoms with van der Waals surface area (Å²) in [6.07, 6.45) is 3.69. The minimum Gasteiger partial charge on any atom is -0.0847 e. The molecule has 0 radical (unpaired) electrons. The highest BCUT2D eigenvalue weighted by Gasteiger charge is 2.39. The van der Waals surface area contributed by atoms with E-state index in [4.69, 9.17) is 0 Å². The summed E-state index contributed by atoms with van der Waals surface area (Å²) in [7, 11) is 0. The Morgan fingerprint density at radius 1 is 1.28 bits per heavy atom. The zero-order valence-electron chi connectivity index (χ0n) is 13.9. The number of rotatable bonds is 2. The number of allylic oxidation sites excluding steroid dienone is 4. The minimum absolute atomic E-state index is 0.295. The predicted molar refractivity (Wildman–Crippen MR) is 82.6 cm³/mol. The lowest BCUT2D eigenvalue weighted by Gasteiger charge is -2.36. The topological polar surface area (TPSA) is 0 Å². The van der Waals surface area contributed by atoms with Crippen molar-refractivity contribution in [2.24, 2.45) is 22.7 Å². The van der Waals surface area contributed by atoms with E-state index >= 15 is 0 Å². The lowest BCUT2D eigenvalue weighted by molar-refractivity contribution is 0.229. The van der Waals surface area contributed by atoms with Gasteiger partial charge in [0.15, 0.2) is 0 Å². The lowest BCUT2D eigenvalue weighted by atomic mass is 9.68. The summed E-state index contributed by atoms with van der Waals surface area (Å²) in [5, 5.41) is 0. The second-order valence-electron chi connectivity index (χ2n) is 7.80. The molecule has 0 spiro atoms. The fraction of sp³-hybridized carbons (Fsp3) is 0.778. The van der Waals surface area contributed by atoms with Crippen LogP contribution < -0.4 is 0 Å². The standard InChI is InChI=1S/C18H32/c1-12-10-11-16(18(12,8)9)14(3)13(2)15(4)17(5,6)7/h10,14,16H,11H2,1-9H3. The highest BCUT2D eigenvalue weighted by atomic mass is 14.4. The Hall–Kier alpha value is -0.520. The van der Waals surface area contributed by atoms with Crippen molar-refractivity contribution in [2.45, 2.75) is 68.7 Å². The molecule has 2 atom stereocenters. The molecule has 0 bridgehead atoms. The molecule has 104 valence electrons. The van der Waals surface area contributed by atoms with Gasteiger partial charge in [-0.15, -0.1) is 0 Å². The molecule has 0 aliphatic heterocycles. The lowest BCUT2D eigenvalue weighted by Crippen LogP contribution is -2.28. The maximum absolute atomic E-state index is 2.45. The van der Waals surface area contributed by atoms with Crippen LogP contribution in [0.25, 0.3) is 0 Å². The van der Waals surface area contributed by atoms with Crippen LogP contribution in [0, 0.1) is 22.7 Å².